The van der Waals surface area contributed by atoms with Crippen molar-refractivity contribution >= 4 is 49.7 Å². The molecule has 0 aromatic heterocycles. The average molecular weight is 487 g/mol. The van der Waals surface area contributed by atoms with Crippen LogP contribution in [0.1, 0.15) is 0 Å². The molecule has 0 unspecified atom stereocenters. The summed E-state index contributed by atoms with van der Waals surface area (Å²) in [6, 6.07) is 17.9. The Morgan fingerprint density at radius 2 is 1.70 bits per heavy atom. The van der Waals surface area contributed by atoms with Gasteiger partial charge in [-0.2, -0.15) is 4.31 Å². The Morgan fingerprint density at radius 1 is 1.00 bits per heavy atom. The number of fused-ring (bicyclic) bond motifs is 1. The lowest BCUT2D eigenvalue weighted by molar-refractivity contribution is -0.116. The van der Waals surface area contributed by atoms with E-state index in [1.165, 1.54) is 7.05 Å². The quantitative estimate of drug-likeness (QED) is 0.577. The lowest BCUT2D eigenvalue weighted by Gasteiger charge is -2.35. The number of anilines is 2. The Bertz CT molecular complexity index is 1270. The summed E-state index contributed by atoms with van der Waals surface area (Å²) >= 11 is 6.18. The highest BCUT2D eigenvalue weighted by atomic mass is 35.5. The third-order valence-corrected chi connectivity index (χ3v) is 7.91. The summed E-state index contributed by atoms with van der Waals surface area (Å²) in [5.74, 6) is -0.431. The highest BCUT2D eigenvalue weighted by Crippen LogP contribution is 2.30. The number of carbonyl (C=O) groups is 1. The van der Waals surface area contributed by atoms with Crippen molar-refractivity contribution in [1.82, 2.24) is 9.21 Å². The number of rotatable bonds is 6. The molecule has 0 saturated carbocycles. The first-order chi connectivity index (χ1) is 15.7. The maximum absolute atomic E-state index is 13.1. The topological polar surface area (TPSA) is 73.0 Å². The van der Waals surface area contributed by atoms with Gasteiger partial charge in [0, 0.05) is 38.2 Å². The standard InChI is InChI=1S/C24H27ClN4O3S/c1-27-11-13-29(14-12-27)23-10-8-20(25)16-22(23)26-24(30)17-28(2)33(31,32)21-9-7-18-5-3-4-6-19(18)15-21/h3-10,15-16H,11-14,17H2,1-2H3,(H,26,30). The Labute approximate surface area is 199 Å². The molecule has 1 saturated heterocycles. The third-order valence-electron chi connectivity index (χ3n) is 5.87. The Morgan fingerprint density at radius 3 is 2.42 bits per heavy atom. The zero-order valence-corrected chi connectivity index (χ0v) is 20.2. The summed E-state index contributed by atoms with van der Waals surface area (Å²) in [6.07, 6.45) is 0. The summed E-state index contributed by atoms with van der Waals surface area (Å²) < 4.78 is 27.2. The van der Waals surface area contributed by atoms with Crippen LogP contribution in [0.2, 0.25) is 5.02 Å². The first kappa shape index (κ1) is 23.5. The molecule has 0 bridgehead atoms. The summed E-state index contributed by atoms with van der Waals surface area (Å²) in [7, 11) is -0.349. The summed E-state index contributed by atoms with van der Waals surface area (Å²) in [5.41, 5.74) is 1.45. The molecule has 1 N–H and O–H groups in total. The summed E-state index contributed by atoms with van der Waals surface area (Å²) in [6.45, 7) is 3.18. The molecule has 1 aliphatic rings. The number of carbonyl (C=O) groups excluding carboxylic acids is 1. The van der Waals surface area contributed by atoms with Gasteiger partial charge in [0.15, 0.2) is 0 Å². The SMILES string of the molecule is CN1CCN(c2ccc(Cl)cc2NC(=O)CN(C)S(=O)(=O)c2ccc3ccccc3c2)CC1. The molecule has 1 heterocycles. The number of piperazine rings is 1. The monoisotopic (exact) mass is 486 g/mol. The molecule has 0 atom stereocenters. The van der Waals surface area contributed by atoms with Gasteiger partial charge in [0.05, 0.1) is 22.8 Å². The van der Waals surface area contributed by atoms with Crippen molar-refractivity contribution < 1.29 is 13.2 Å². The van der Waals surface area contributed by atoms with Crippen LogP contribution in [0.5, 0.6) is 0 Å². The van der Waals surface area contributed by atoms with Crippen LogP contribution in [0.25, 0.3) is 10.8 Å². The van der Waals surface area contributed by atoms with Crippen molar-refractivity contribution in [3.05, 3.63) is 65.7 Å². The van der Waals surface area contributed by atoms with Crippen LogP contribution in [-0.2, 0) is 14.8 Å². The highest BCUT2D eigenvalue weighted by molar-refractivity contribution is 7.89. The van der Waals surface area contributed by atoms with Gasteiger partial charge in [-0.05, 0) is 48.2 Å². The van der Waals surface area contributed by atoms with Crippen LogP contribution in [-0.4, -0.2) is 70.3 Å². The van der Waals surface area contributed by atoms with Gasteiger partial charge >= 0.3 is 0 Å². The Kier molecular flexibility index (Phi) is 6.90. The number of nitrogens with zero attached hydrogens (tertiary/aromatic N) is 3. The van der Waals surface area contributed by atoms with Gasteiger partial charge in [-0.25, -0.2) is 8.42 Å². The molecule has 4 rings (SSSR count). The van der Waals surface area contributed by atoms with E-state index in [9.17, 15) is 13.2 Å². The first-order valence-electron chi connectivity index (χ1n) is 10.7. The second-order valence-corrected chi connectivity index (χ2v) is 10.8. The minimum Gasteiger partial charge on any atom is -0.367 e. The molecular formula is C24H27ClN4O3S. The largest absolute Gasteiger partial charge is 0.367 e. The predicted octanol–water partition coefficient (Wildman–Crippen LogP) is 3.50. The van der Waals surface area contributed by atoms with E-state index in [4.69, 9.17) is 11.6 Å². The van der Waals surface area contributed by atoms with Crippen LogP contribution in [0, 0.1) is 0 Å². The molecule has 174 valence electrons. The number of hydrogen-bond donors (Lipinski definition) is 1. The first-order valence-corrected chi connectivity index (χ1v) is 12.5. The van der Waals surface area contributed by atoms with E-state index in [-0.39, 0.29) is 11.4 Å². The predicted molar refractivity (Wildman–Crippen MR) is 134 cm³/mol. The molecule has 9 heteroatoms. The van der Waals surface area contributed by atoms with Crippen molar-refractivity contribution in [2.45, 2.75) is 4.90 Å². The molecule has 3 aromatic carbocycles. The van der Waals surface area contributed by atoms with Crippen molar-refractivity contribution in [3.8, 4) is 0 Å². The number of likely N-dealkylation sites (N-methyl/N-ethyl adjacent to an activating group) is 2. The maximum Gasteiger partial charge on any atom is 0.243 e. The van der Waals surface area contributed by atoms with E-state index in [0.29, 0.717) is 10.7 Å². The highest BCUT2D eigenvalue weighted by Gasteiger charge is 2.24. The second-order valence-electron chi connectivity index (χ2n) is 8.27. The second kappa shape index (κ2) is 9.69. The van der Waals surface area contributed by atoms with Gasteiger partial charge in [-0.1, -0.05) is 41.9 Å². The van der Waals surface area contributed by atoms with E-state index in [0.717, 1.165) is 46.9 Å². The molecule has 1 aliphatic heterocycles. The van der Waals surface area contributed by atoms with Gasteiger partial charge in [0.2, 0.25) is 15.9 Å². The minimum atomic E-state index is -3.83. The Balaban J connectivity index is 1.49. The molecule has 1 fully saturated rings. The summed E-state index contributed by atoms with van der Waals surface area (Å²) in [4.78, 5) is 17.4. The summed E-state index contributed by atoms with van der Waals surface area (Å²) in [5, 5.41) is 5.14. The maximum atomic E-state index is 13.1. The number of halogens is 1. The lowest BCUT2D eigenvalue weighted by atomic mass is 10.1. The van der Waals surface area contributed by atoms with Crippen LogP contribution < -0.4 is 10.2 Å². The minimum absolute atomic E-state index is 0.150. The smallest absolute Gasteiger partial charge is 0.243 e. The number of sulfonamides is 1. The zero-order chi connectivity index (χ0) is 23.6. The lowest BCUT2D eigenvalue weighted by Crippen LogP contribution is -2.44. The normalized spacial score (nSPS) is 15.2. The fourth-order valence-electron chi connectivity index (χ4n) is 3.92. The van der Waals surface area contributed by atoms with Gasteiger partial charge in [0.25, 0.3) is 0 Å². The van der Waals surface area contributed by atoms with Gasteiger partial charge in [0.1, 0.15) is 0 Å². The molecule has 3 aromatic rings. The number of benzene rings is 3. The molecule has 0 aliphatic carbocycles. The van der Waals surface area contributed by atoms with E-state index >= 15 is 0 Å². The van der Waals surface area contributed by atoms with Crippen molar-refractivity contribution in [1.29, 1.82) is 0 Å². The van der Waals surface area contributed by atoms with E-state index in [1.54, 1.807) is 30.3 Å². The zero-order valence-electron chi connectivity index (χ0n) is 18.7. The van der Waals surface area contributed by atoms with Crippen LogP contribution in [0.15, 0.2) is 65.6 Å². The molecule has 0 radical (unpaired) electrons. The molecule has 7 nitrogen and oxygen atoms in total. The average Bonchev–Trinajstić information content (AvgIpc) is 2.79. The molecule has 0 spiro atoms. The van der Waals surface area contributed by atoms with Crippen molar-refractivity contribution in [2.75, 3.05) is 57.0 Å². The molecule has 33 heavy (non-hydrogen) atoms. The van der Waals surface area contributed by atoms with E-state index in [1.807, 2.05) is 30.3 Å². The van der Waals surface area contributed by atoms with E-state index < -0.39 is 15.9 Å². The molecule has 1 amide bonds. The van der Waals surface area contributed by atoms with Crippen molar-refractivity contribution in [2.24, 2.45) is 0 Å². The molecular weight excluding hydrogens is 460 g/mol. The van der Waals surface area contributed by atoms with Crippen LogP contribution in [0.4, 0.5) is 11.4 Å². The number of hydrogen-bond acceptors (Lipinski definition) is 5. The van der Waals surface area contributed by atoms with Gasteiger partial charge < -0.3 is 15.1 Å². The van der Waals surface area contributed by atoms with Gasteiger partial charge in [-0.3, -0.25) is 4.79 Å². The number of nitrogens with one attached hydrogen (secondary N) is 1. The Hall–Kier alpha value is -2.65. The third kappa shape index (κ3) is 5.30. The van der Waals surface area contributed by atoms with Crippen LogP contribution >= 0.6 is 11.6 Å². The fourth-order valence-corrected chi connectivity index (χ4v) is 5.25. The van der Waals surface area contributed by atoms with E-state index in [2.05, 4.69) is 22.2 Å². The van der Waals surface area contributed by atoms with Crippen molar-refractivity contribution in [3.63, 3.8) is 0 Å². The van der Waals surface area contributed by atoms with Gasteiger partial charge in [-0.15, -0.1) is 0 Å². The number of amides is 1. The van der Waals surface area contributed by atoms with Crippen LogP contribution in [0.3, 0.4) is 0 Å². The fraction of sp³-hybridized carbons (Fsp3) is 0.292.